The zero-order valence-electron chi connectivity index (χ0n) is 29.1. The second-order valence-corrected chi connectivity index (χ2v) is 14.2. The normalized spacial score (nSPS) is 12.1. The lowest BCUT2D eigenvalue weighted by atomic mass is 9.99. The molecule has 4 heteroatoms. The molecule has 12 rings (SSSR count). The predicted octanol–water partition coefficient (Wildman–Crippen LogP) is 12.8. The Hall–Kier alpha value is -7.30. The second-order valence-electron chi connectivity index (χ2n) is 14.2. The van der Waals surface area contributed by atoms with E-state index in [1.165, 1.54) is 71.4 Å². The summed E-state index contributed by atoms with van der Waals surface area (Å²) in [6.45, 7) is 0. The van der Waals surface area contributed by atoms with Gasteiger partial charge >= 0.3 is 0 Å². The summed E-state index contributed by atoms with van der Waals surface area (Å²) in [7, 11) is 0. The number of para-hydroxylation sites is 3. The molecule has 1 aliphatic carbocycles. The van der Waals surface area contributed by atoms with Crippen LogP contribution in [-0.2, 0) is 0 Å². The molecule has 11 aromatic rings. The molecule has 7 aromatic carbocycles. The van der Waals surface area contributed by atoms with E-state index in [4.69, 9.17) is 4.98 Å². The Morgan fingerprint density at radius 1 is 0.370 bits per heavy atom. The van der Waals surface area contributed by atoms with Crippen LogP contribution in [0, 0.1) is 0 Å². The van der Waals surface area contributed by atoms with Gasteiger partial charge in [-0.05, 0) is 90.0 Å². The van der Waals surface area contributed by atoms with Crippen molar-refractivity contribution in [3.8, 4) is 56.1 Å². The average molecular weight is 687 g/mol. The van der Waals surface area contributed by atoms with Crippen molar-refractivity contribution in [3.63, 3.8) is 0 Å². The molecule has 54 heavy (non-hydrogen) atoms. The molecular weight excluding hydrogens is 657 g/mol. The first-order valence-electron chi connectivity index (χ1n) is 18.4. The maximum atomic E-state index is 5.32. The van der Waals surface area contributed by atoms with E-state index in [1.807, 2.05) is 12.4 Å². The van der Waals surface area contributed by atoms with E-state index < -0.39 is 0 Å². The largest absolute Gasteiger partial charge is 0.309 e. The van der Waals surface area contributed by atoms with E-state index in [2.05, 4.69) is 184 Å². The fourth-order valence-corrected chi connectivity index (χ4v) is 8.90. The van der Waals surface area contributed by atoms with Gasteiger partial charge in [-0.3, -0.25) is 4.98 Å². The minimum absolute atomic E-state index is 0.963. The molecule has 4 heterocycles. The monoisotopic (exact) mass is 686 g/mol. The van der Waals surface area contributed by atoms with E-state index in [1.54, 1.807) is 0 Å². The van der Waals surface area contributed by atoms with Gasteiger partial charge in [0.15, 0.2) is 0 Å². The maximum Gasteiger partial charge on any atom is 0.0795 e. The molecule has 250 valence electrons. The SMILES string of the molecule is c1ccc(-n2c3ccccc3c3cc(-c4ccc5c(c4)c4cc(-c6ccc7c(n6)-c6cccc8cncc-7c68)ccc4n5-c4ccccc4)ccc32)cc1. The van der Waals surface area contributed by atoms with Crippen molar-refractivity contribution in [1.82, 2.24) is 19.1 Å². The molecule has 0 aliphatic heterocycles. The van der Waals surface area contributed by atoms with Crippen molar-refractivity contribution in [3.05, 3.63) is 182 Å². The van der Waals surface area contributed by atoms with E-state index in [-0.39, 0.29) is 0 Å². The third-order valence-electron chi connectivity index (χ3n) is 11.3. The van der Waals surface area contributed by atoms with Crippen molar-refractivity contribution in [1.29, 1.82) is 0 Å². The Labute approximate surface area is 310 Å². The molecule has 0 N–H and O–H groups in total. The number of benzene rings is 7. The lowest BCUT2D eigenvalue weighted by Crippen LogP contribution is -1.93. The fourth-order valence-electron chi connectivity index (χ4n) is 8.90. The van der Waals surface area contributed by atoms with Gasteiger partial charge < -0.3 is 9.13 Å². The number of rotatable bonds is 4. The summed E-state index contributed by atoms with van der Waals surface area (Å²) in [5.74, 6) is 0. The van der Waals surface area contributed by atoms with Crippen molar-refractivity contribution in [2.75, 3.05) is 0 Å². The Morgan fingerprint density at radius 2 is 0.944 bits per heavy atom. The number of fused-ring (bicyclic) bond motifs is 9. The van der Waals surface area contributed by atoms with Crippen LogP contribution in [0.3, 0.4) is 0 Å². The Morgan fingerprint density at radius 3 is 1.63 bits per heavy atom. The highest BCUT2D eigenvalue weighted by Crippen LogP contribution is 2.47. The van der Waals surface area contributed by atoms with E-state index in [0.29, 0.717) is 0 Å². The number of pyridine rings is 2. The van der Waals surface area contributed by atoms with Gasteiger partial charge in [0.25, 0.3) is 0 Å². The average Bonchev–Trinajstić information content (AvgIpc) is 3.87. The molecule has 0 atom stereocenters. The molecular formula is C50H30N4. The van der Waals surface area contributed by atoms with Gasteiger partial charge in [0.2, 0.25) is 0 Å². The van der Waals surface area contributed by atoms with Gasteiger partial charge in [-0.1, -0.05) is 91.0 Å². The van der Waals surface area contributed by atoms with Crippen LogP contribution in [0.15, 0.2) is 182 Å². The Kier molecular flexibility index (Phi) is 6.02. The minimum Gasteiger partial charge on any atom is -0.309 e. The summed E-state index contributed by atoms with van der Waals surface area (Å²) in [6, 6.07) is 61.5. The molecule has 0 unspecified atom stereocenters. The molecule has 0 amide bonds. The first-order valence-corrected chi connectivity index (χ1v) is 18.4. The quantitative estimate of drug-likeness (QED) is 0.185. The van der Waals surface area contributed by atoms with Crippen LogP contribution in [0.2, 0.25) is 0 Å². The number of aromatic nitrogens is 4. The lowest BCUT2D eigenvalue weighted by molar-refractivity contribution is 1.18. The summed E-state index contributed by atoms with van der Waals surface area (Å²) in [5.41, 5.74) is 16.0. The first-order chi connectivity index (χ1) is 26.8. The highest BCUT2D eigenvalue weighted by Gasteiger charge is 2.24. The lowest BCUT2D eigenvalue weighted by Gasteiger charge is -2.09. The van der Waals surface area contributed by atoms with Gasteiger partial charge in [-0.25, -0.2) is 4.98 Å². The summed E-state index contributed by atoms with van der Waals surface area (Å²) < 4.78 is 4.75. The molecule has 0 spiro atoms. The van der Waals surface area contributed by atoms with Crippen molar-refractivity contribution in [2.24, 2.45) is 0 Å². The first kappa shape index (κ1) is 29.3. The molecule has 0 saturated carbocycles. The molecule has 0 fully saturated rings. The number of nitrogens with zero attached hydrogens (tertiary/aromatic N) is 4. The van der Waals surface area contributed by atoms with Crippen LogP contribution in [0.1, 0.15) is 0 Å². The van der Waals surface area contributed by atoms with Crippen LogP contribution in [0.4, 0.5) is 0 Å². The van der Waals surface area contributed by atoms with Crippen LogP contribution in [0.25, 0.3) is 111 Å². The fraction of sp³-hybridized carbons (Fsp3) is 0. The highest BCUT2D eigenvalue weighted by atomic mass is 15.0. The molecule has 0 bridgehead atoms. The molecule has 0 saturated heterocycles. The molecule has 1 aliphatic rings. The van der Waals surface area contributed by atoms with Crippen LogP contribution in [-0.4, -0.2) is 19.1 Å². The molecule has 4 aromatic heterocycles. The van der Waals surface area contributed by atoms with Crippen molar-refractivity contribution < 1.29 is 0 Å². The van der Waals surface area contributed by atoms with Gasteiger partial charge in [-0.15, -0.1) is 0 Å². The predicted molar refractivity (Wildman–Crippen MR) is 224 cm³/mol. The van der Waals surface area contributed by atoms with Gasteiger partial charge in [0.05, 0.1) is 33.5 Å². The van der Waals surface area contributed by atoms with Crippen molar-refractivity contribution in [2.45, 2.75) is 0 Å². The minimum atomic E-state index is 0.963. The molecule has 4 nitrogen and oxygen atoms in total. The van der Waals surface area contributed by atoms with Crippen molar-refractivity contribution >= 4 is 54.4 Å². The second kappa shape index (κ2) is 11.1. The number of hydrogen-bond donors (Lipinski definition) is 0. The maximum absolute atomic E-state index is 5.32. The smallest absolute Gasteiger partial charge is 0.0795 e. The Bertz CT molecular complexity index is 3310. The van der Waals surface area contributed by atoms with Crippen LogP contribution < -0.4 is 0 Å². The zero-order valence-corrected chi connectivity index (χ0v) is 29.1. The van der Waals surface area contributed by atoms with E-state index >= 15 is 0 Å². The third kappa shape index (κ3) is 4.13. The Balaban J connectivity index is 1.05. The van der Waals surface area contributed by atoms with Gasteiger partial charge in [-0.2, -0.15) is 0 Å². The summed E-state index contributed by atoms with van der Waals surface area (Å²) in [5, 5.41) is 7.30. The standard InChI is InChI=1S/C50H30N4/c1-3-11-35(12-4-1)53-45-17-8-7-15-37(45)40-26-31(18-23-46(40)53)32-19-24-47-41(27-32)42-28-33(20-25-48(42)54(47)36-13-5-2-6-14-36)44-22-21-38-43-30-51-29-34-10-9-16-39(49(34)43)50(38)52-44/h1-30H. The summed E-state index contributed by atoms with van der Waals surface area (Å²) in [6.07, 6.45) is 3.92. The van der Waals surface area contributed by atoms with Crippen LogP contribution >= 0.6 is 0 Å². The summed E-state index contributed by atoms with van der Waals surface area (Å²) >= 11 is 0. The van der Waals surface area contributed by atoms with E-state index in [0.717, 1.165) is 39.2 Å². The topological polar surface area (TPSA) is 35.6 Å². The van der Waals surface area contributed by atoms with Gasteiger partial charge in [0.1, 0.15) is 0 Å². The highest BCUT2D eigenvalue weighted by molar-refractivity contribution is 6.15. The summed E-state index contributed by atoms with van der Waals surface area (Å²) in [4.78, 5) is 9.85. The zero-order chi connectivity index (χ0) is 35.3. The molecule has 0 radical (unpaired) electrons. The van der Waals surface area contributed by atoms with Crippen LogP contribution in [0.5, 0.6) is 0 Å². The third-order valence-corrected chi connectivity index (χ3v) is 11.3. The van der Waals surface area contributed by atoms with Gasteiger partial charge in [0, 0.05) is 78.3 Å². The number of hydrogen-bond acceptors (Lipinski definition) is 2. The van der Waals surface area contributed by atoms with E-state index in [9.17, 15) is 0 Å².